The molecule has 3 aliphatic rings. The molecule has 1 amide bonds. The summed E-state index contributed by atoms with van der Waals surface area (Å²) in [6.45, 7) is 9.92. The number of carbonyl (C=O) groups is 1. The first-order valence-corrected chi connectivity index (χ1v) is 11.8. The quantitative estimate of drug-likeness (QED) is 0.747. The number of aryl methyl sites for hydroxylation is 1. The summed E-state index contributed by atoms with van der Waals surface area (Å²) in [7, 11) is 0. The van der Waals surface area contributed by atoms with Crippen molar-refractivity contribution in [2.75, 3.05) is 39.3 Å². The van der Waals surface area contributed by atoms with E-state index in [0.29, 0.717) is 11.3 Å². The van der Waals surface area contributed by atoms with E-state index in [-0.39, 0.29) is 5.92 Å². The molecule has 1 unspecified atom stereocenters. The van der Waals surface area contributed by atoms with Gasteiger partial charge in [-0.15, -0.1) is 0 Å². The van der Waals surface area contributed by atoms with Crippen LogP contribution in [0.1, 0.15) is 36.1 Å². The van der Waals surface area contributed by atoms with Crippen molar-refractivity contribution in [2.24, 2.45) is 11.3 Å². The zero-order valence-electron chi connectivity index (χ0n) is 18.7. The molecule has 0 bridgehead atoms. The second kappa shape index (κ2) is 8.71. The van der Waals surface area contributed by atoms with Crippen LogP contribution in [0.15, 0.2) is 48.7 Å². The van der Waals surface area contributed by atoms with Gasteiger partial charge in [-0.05, 0) is 62.4 Å². The number of piperidine rings is 1. The van der Waals surface area contributed by atoms with E-state index in [2.05, 4.69) is 56.9 Å². The highest BCUT2D eigenvalue weighted by atomic mass is 16.2. The first-order valence-electron chi connectivity index (χ1n) is 11.8. The molecule has 2 saturated heterocycles. The van der Waals surface area contributed by atoms with Crippen molar-refractivity contribution in [2.45, 2.75) is 39.3 Å². The number of benzene rings is 1. The summed E-state index contributed by atoms with van der Waals surface area (Å²) in [5.41, 5.74) is 4.12. The monoisotopic (exact) mass is 418 g/mol. The number of pyridine rings is 1. The van der Waals surface area contributed by atoms with Crippen molar-refractivity contribution in [1.82, 2.24) is 19.7 Å². The lowest BCUT2D eigenvalue weighted by Crippen LogP contribution is -2.49. The molecular weight excluding hydrogens is 384 g/mol. The van der Waals surface area contributed by atoms with Crippen LogP contribution in [0.4, 0.5) is 0 Å². The van der Waals surface area contributed by atoms with Gasteiger partial charge < -0.3 is 4.90 Å². The summed E-state index contributed by atoms with van der Waals surface area (Å²) in [6.07, 6.45) is 5.32. The fourth-order valence-electron chi connectivity index (χ4n) is 5.43. The molecule has 3 heterocycles. The number of carbonyl (C=O) groups excluding carboxylic acids is 1. The van der Waals surface area contributed by atoms with Gasteiger partial charge in [0.25, 0.3) is 0 Å². The molecule has 3 fully saturated rings. The van der Waals surface area contributed by atoms with Crippen LogP contribution in [0.25, 0.3) is 0 Å². The predicted molar refractivity (Wildman–Crippen MR) is 122 cm³/mol. The zero-order valence-corrected chi connectivity index (χ0v) is 18.7. The zero-order chi connectivity index (χ0) is 21.3. The predicted octanol–water partition coefficient (Wildman–Crippen LogP) is 3.34. The van der Waals surface area contributed by atoms with Gasteiger partial charge in [-0.3, -0.25) is 19.6 Å². The third-order valence-electron chi connectivity index (χ3n) is 7.66. The molecule has 1 spiro atoms. The molecule has 31 heavy (non-hydrogen) atoms. The van der Waals surface area contributed by atoms with Gasteiger partial charge >= 0.3 is 0 Å². The van der Waals surface area contributed by atoms with Crippen LogP contribution >= 0.6 is 0 Å². The highest BCUT2D eigenvalue weighted by molar-refractivity contribution is 5.83. The summed E-state index contributed by atoms with van der Waals surface area (Å²) in [5, 5.41) is 0. The van der Waals surface area contributed by atoms with E-state index in [1.165, 1.54) is 24.0 Å². The summed E-state index contributed by atoms with van der Waals surface area (Å²) in [4.78, 5) is 24.7. The van der Waals surface area contributed by atoms with E-state index in [9.17, 15) is 4.79 Å². The van der Waals surface area contributed by atoms with Gasteiger partial charge in [-0.1, -0.05) is 35.9 Å². The van der Waals surface area contributed by atoms with Crippen LogP contribution in [0.5, 0.6) is 0 Å². The SMILES string of the molecule is Cc1ccc(CN2CCC3(CC2)CC3C(=O)N2CCN(Cc3ccccn3)CC2)cc1. The van der Waals surface area contributed by atoms with E-state index >= 15 is 0 Å². The first kappa shape index (κ1) is 20.7. The normalized spacial score (nSPS) is 23.8. The van der Waals surface area contributed by atoms with E-state index in [4.69, 9.17) is 0 Å². The van der Waals surface area contributed by atoms with Gasteiger partial charge in [0.1, 0.15) is 0 Å². The Morgan fingerprint density at radius 1 is 0.935 bits per heavy atom. The molecule has 5 nitrogen and oxygen atoms in total. The van der Waals surface area contributed by atoms with Crippen LogP contribution < -0.4 is 0 Å². The third-order valence-corrected chi connectivity index (χ3v) is 7.66. The maximum atomic E-state index is 13.2. The maximum Gasteiger partial charge on any atom is 0.226 e. The summed E-state index contributed by atoms with van der Waals surface area (Å²) < 4.78 is 0. The molecule has 2 aliphatic heterocycles. The van der Waals surface area contributed by atoms with Gasteiger partial charge in [0.05, 0.1) is 5.69 Å². The molecule has 5 rings (SSSR count). The van der Waals surface area contributed by atoms with Crippen molar-refractivity contribution < 1.29 is 4.79 Å². The minimum atomic E-state index is 0.274. The van der Waals surface area contributed by atoms with E-state index in [0.717, 1.165) is 64.5 Å². The summed E-state index contributed by atoms with van der Waals surface area (Å²) >= 11 is 0. The fraction of sp³-hybridized carbons (Fsp3) is 0.538. The van der Waals surface area contributed by atoms with Gasteiger partial charge in [-0.25, -0.2) is 0 Å². The number of aromatic nitrogens is 1. The Hall–Kier alpha value is -2.24. The highest BCUT2D eigenvalue weighted by Gasteiger charge is 2.59. The lowest BCUT2D eigenvalue weighted by molar-refractivity contribution is -0.135. The second-order valence-corrected chi connectivity index (χ2v) is 9.80. The Bertz CT molecular complexity index is 881. The molecule has 5 heteroatoms. The topological polar surface area (TPSA) is 39.7 Å². The number of hydrogen-bond donors (Lipinski definition) is 0. The van der Waals surface area contributed by atoms with Crippen LogP contribution in [0.3, 0.4) is 0 Å². The Kier molecular flexibility index (Phi) is 5.81. The lowest BCUT2D eigenvalue weighted by Gasteiger charge is -2.36. The maximum absolute atomic E-state index is 13.2. The van der Waals surface area contributed by atoms with E-state index < -0.39 is 0 Å². The smallest absolute Gasteiger partial charge is 0.226 e. The molecule has 1 atom stereocenters. The minimum absolute atomic E-state index is 0.274. The molecule has 1 aromatic carbocycles. The molecular formula is C26H34N4O. The Morgan fingerprint density at radius 3 is 2.32 bits per heavy atom. The largest absolute Gasteiger partial charge is 0.340 e. The molecule has 0 N–H and O–H groups in total. The van der Waals surface area contributed by atoms with Crippen molar-refractivity contribution in [3.8, 4) is 0 Å². The number of amides is 1. The fourth-order valence-corrected chi connectivity index (χ4v) is 5.43. The van der Waals surface area contributed by atoms with Crippen LogP contribution in [0.2, 0.25) is 0 Å². The van der Waals surface area contributed by atoms with Crippen LogP contribution in [-0.2, 0) is 17.9 Å². The van der Waals surface area contributed by atoms with Gasteiger partial charge in [0.2, 0.25) is 5.91 Å². The molecule has 1 aliphatic carbocycles. The van der Waals surface area contributed by atoms with Gasteiger partial charge in [-0.2, -0.15) is 0 Å². The Balaban J connectivity index is 1.07. The van der Waals surface area contributed by atoms with E-state index in [1.807, 2.05) is 18.3 Å². The molecule has 2 aromatic rings. The lowest BCUT2D eigenvalue weighted by atomic mass is 9.90. The number of piperazine rings is 1. The number of likely N-dealkylation sites (tertiary alicyclic amines) is 1. The van der Waals surface area contributed by atoms with Crippen LogP contribution in [-0.4, -0.2) is 64.9 Å². The summed E-state index contributed by atoms with van der Waals surface area (Å²) in [6, 6.07) is 15.0. The molecule has 1 aromatic heterocycles. The first-order chi connectivity index (χ1) is 15.1. The minimum Gasteiger partial charge on any atom is -0.340 e. The third kappa shape index (κ3) is 4.68. The Morgan fingerprint density at radius 2 is 1.65 bits per heavy atom. The average molecular weight is 419 g/mol. The van der Waals surface area contributed by atoms with Crippen molar-refractivity contribution >= 4 is 5.91 Å². The van der Waals surface area contributed by atoms with Crippen molar-refractivity contribution in [3.63, 3.8) is 0 Å². The Labute approximate surface area is 186 Å². The molecule has 1 saturated carbocycles. The van der Waals surface area contributed by atoms with Crippen molar-refractivity contribution in [1.29, 1.82) is 0 Å². The second-order valence-electron chi connectivity index (χ2n) is 9.80. The standard InChI is InChI=1S/C26H34N4O/c1-21-5-7-22(8-6-21)19-28-12-9-26(10-13-28)18-24(26)25(31)30-16-14-29(15-17-30)20-23-4-2-3-11-27-23/h2-8,11,24H,9-10,12-20H2,1H3. The van der Waals surface area contributed by atoms with E-state index in [1.54, 1.807) is 0 Å². The summed E-state index contributed by atoms with van der Waals surface area (Å²) in [5.74, 6) is 0.695. The van der Waals surface area contributed by atoms with Crippen LogP contribution in [0, 0.1) is 18.3 Å². The average Bonchev–Trinajstić information content (AvgIpc) is 3.51. The number of rotatable bonds is 5. The van der Waals surface area contributed by atoms with Crippen molar-refractivity contribution in [3.05, 3.63) is 65.5 Å². The molecule has 164 valence electrons. The highest BCUT2D eigenvalue weighted by Crippen LogP contribution is 2.60. The molecule has 0 radical (unpaired) electrons. The van der Waals surface area contributed by atoms with Gasteiger partial charge in [0.15, 0.2) is 0 Å². The number of hydrogen-bond acceptors (Lipinski definition) is 4. The number of nitrogens with zero attached hydrogens (tertiary/aromatic N) is 4. The van der Waals surface area contributed by atoms with Gasteiger partial charge in [0, 0.05) is 51.4 Å².